The molecule has 1 unspecified atom stereocenters. The van der Waals surface area contributed by atoms with Crippen molar-refractivity contribution in [3.8, 4) is 0 Å². The second kappa shape index (κ2) is 3.83. The SMILES string of the molecule is CCN1CC(CC(F)F)CC1=O. The minimum atomic E-state index is -2.28. The fraction of sp³-hybridized carbons (Fsp3) is 0.875. The van der Waals surface area contributed by atoms with Gasteiger partial charge in [-0.25, -0.2) is 8.78 Å². The lowest BCUT2D eigenvalue weighted by Crippen LogP contribution is -2.24. The summed E-state index contributed by atoms with van der Waals surface area (Å²) in [5.41, 5.74) is 0. The van der Waals surface area contributed by atoms with Crippen LogP contribution in [-0.4, -0.2) is 30.3 Å². The summed E-state index contributed by atoms with van der Waals surface area (Å²) in [6.07, 6.45) is -2.11. The van der Waals surface area contributed by atoms with Crippen molar-refractivity contribution >= 4 is 5.91 Å². The van der Waals surface area contributed by atoms with E-state index >= 15 is 0 Å². The van der Waals surface area contributed by atoms with Crippen molar-refractivity contribution in [1.82, 2.24) is 4.90 Å². The first kappa shape index (κ1) is 9.42. The first-order valence-electron chi connectivity index (χ1n) is 4.19. The molecular formula is C8H13F2NO. The maximum Gasteiger partial charge on any atom is 0.239 e. The first-order valence-corrected chi connectivity index (χ1v) is 4.19. The summed E-state index contributed by atoms with van der Waals surface area (Å²) in [5.74, 6) is -0.111. The highest BCUT2D eigenvalue weighted by Crippen LogP contribution is 2.23. The van der Waals surface area contributed by atoms with Gasteiger partial charge in [0.25, 0.3) is 0 Å². The Hall–Kier alpha value is -0.670. The van der Waals surface area contributed by atoms with E-state index in [4.69, 9.17) is 0 Å². The van der Waals surface area contributed by atoms with E-state index in [0.717, 1.165) is 0 Å². The van der Waals surface area contributed by atoms with Crippen molar-refractivity contribution in [3.63, 3.8) is 0 Å². The number of alkyl halides is 2. The van der Waals surface area contributed by atoms with E-state index in [2.05, 4.69) is 0 Å². The summed E-state index contributed by atoms with van der Waals surface area (Å²) in [4.78, 5) is 12.7. The maximum absolute atomic E-state index is 11.9. The quantitative estimate of drug-likeness (QED) is 0.639. The molecule has 1 rings (SSSR count). The van der Waals surface area contributed by atoms with Crippen molar-refractivity contribution in [1.29, 1.82) is 0 Å². The Kier molecular flexibility index (Phi) is 3.00. The highest BCUT2D eigenvalue weighted by Gasteiger charge is 2.29. The maximum atomic E-state index is 11.9. The van der Waals surface area contributed by atoms with Gasteiger partial charge in [0, 0.05) is 25.9 Å². The predicted octanol–water partition coefficient (Wildman–Crippen LogP) is 1.51. The molecule has 2 nitrogen and oxygen atoms in total. The fourth-order valence-electron chi connectivity index (χ4n) is 1.57. The minimum Gasteiger partial charge on any atom is -0.343 e. The number of carbonyl (C=O) groups is 1. The normalized spacial score (nSPS) is 24.2. The topological polar surface area (TPSA) is 20.3 Å². The standard InChI is InChI=1S/C8H13F2NO/c1-2-11-5-6(3-7(9)10)4-8(11)12/h6-7H,2-5H2,1H3. The van der Waals surface area contributed by atoms with Gasteiger partial charge < -0.3 is 4.90 Å². The van der Waals surface area contributed by atoms with Crippen LogP contribution in [0, 0.1) is 5.92 Å². The number of carbonyl (C=O) groups excluding carboxylic acids is 1. The molecule has 0 aromatic heterocycles. The first-order chi connectivity index (χ1) is 5.63. The minimum absolute atomic E-state index is 0.0168. The monoisotopic (exact) mass is 177 g/mol. The lowest BCUT2D eigenvalue weighted by molar-refractivity contribution is -0.127. The largest absolute Gasteiger partial charge is 0.343 e. The van der Waals surface area contributed by atoms with Gasteiger partial charge in [-0.15, -0.1) is 0 Å². The zero-order chi connectivity index (χ0) is 9.14. The second-order valence-corrected chi connectivity index (χ2v) is 3.13. The molecule has 0 aliphatic carbocycles. The third-order valence-electron chi connectivity index (χ3n) is 2.19. The molecule has 4 heteroatoms. The van der Waals surface area contributed by atoms with Crippen molar-refractivity contribution in [2.45, 2.75) is 26.2 Å². The Morgan fingerprint density at radius 1 is 1.67 bits per heavy atom. The zero-order valence-electron chi connectivity index (χ0n) is 7.09. The smallest absolute Gasteiger partial charge is 0.239 e. The fourth-order valence-corrected chi connectivity index (χ4v) is 1.57. The summed E-state index contributed by atoms with van der Waals surface area (Å²) in [6.45, 7) is 3.01. The van der Waals surface area contributed by atoms with Gasteiger partial charge in [0.1, 0.15) is 0 Å². The Balaban J connectivity index is 2.38. The van der Waals surface area contributed by atoms with E-state index in [1.165, 1.54) is 0 Å². The van der Waals surface area contributed by atoms with Crippen LogP contribution in [0.3, 0.4) is 0 Å². The highest BCUT2D eigenvalue weighted by molar-refractivity contribution is 5.78. The van der Waals surface area contributed by atoms with Crippen LogP contribution in [0.2, 0.25) is 0 Å². The molecule has 0 aromatic rings. The van der Waals surface area contributed by atoms with Crippen LogP contribution in [-0.2, 0) is 4.79 Å². The van der Waals surface area contributed by atoms with Crippen LogP contribution < -0.4 is 0 Å². The van der Waals surface area contributed by atoms with Gasteiger partial charge in [0.15, 0.2) is 0 Å². The molecule has 70 valence electrons. The number of halogens is 2. The van der Waals surface area contributed by atoms with Crippen LogP contribution in [0.15, 0.2) is 0 Å². The summed E-state index contributed by atoms with van der Waals surface area (Å²) >= 11 is 0. The van der Waals surface area contributed by atoms with Crippen LogP contribution >= 0.6 is 0 Å². The van der Waals surface area contributed by atoms with Crippen molar-refractivity contribution in [3.05, 3.63) is 0 Å². The molecule has 12 heavy (non-hydrogen) atoms. The molecule has 1 atom stereocenters. The molecule has 1 amide bonds. The van der Waals surface area contributed by atoms with E-state index in [9.17, 15) is 13.6 Å². The summed E-state index contributed by atoms with van der Waals surface area (Å²) in [6, 6.07) is 0. The molecular weight excluding hydrogens is 164 g/mol. The lowest BCUT2D eigenvalue weighted by Gasteiger charge is -2.12. The molecule has 1 heterocycles. The number of nitrogens with zero attached hydrogens (tertiary/aromatic N) is 1. The number of likely N-dealkylation sites (tertiary alicyclic amines) is 1. The highest BCUT2D eigenvalue weighted by atomic mass is 19.3. The molecule has 1 aliphatic heterocycles. The molecule has 0 radical (unpaired) electrons. The van der Waals surface area contributed by atoms with E-state index in [1.54, 1.807) is 4.90 Å². The lowest BCUT2D eigenvalue weighted by atomic mass is 10.1. The van der Waals surface area contributed by atoms with E-state index in [1.807, 2.05) is 6.92 Å². The van der Waals surface area contributed by atoms with E-state index < -0.39 is 6.43 Å². The Labute approximate surface area is 70.5 Å². The van der Waals surface area contributed by atoms with Crippen molar-refractivity contribution in [2.75, 3.05) is 13.1 Å². The number of amides is 1. The average Bonchev–Trinajstić information content (AvgIpc) is 2.29. The van der Waals surface area contributed by atoms with Gasteiger partial charge in [0.05, 0.1) is 0 Å². The molecule has 1 aliphatic rings. The van der Waals surface area contributed by atoms with Crippen molar-refractivity contribution < 1.29 is 13.6 Å². The summed E-state index contributed by atoms with van der Waals surface area (Å²) < 4.78 is 23.8. The predicted molar refractivity (Wildman–Crippen MR) is 41.0 cm³/mol. The average molecular weight is 177 g/mol. The molecule has 1 saturated heterocycles. The Morgan fingerprint density at radius 2 is 2.33 bits per heavy atom. The third-order valence-corrected chi connectivity index (χ3v) is 2.19. The number of hydrogen-bond acceptors (Lipinski definition) is 1. The molecule has 0 aromatic carbocycles. The van der Waals surface area contributed by atoms with Gasteiger partial charge in [-0.3, -0.25) is 4.79 Å². The van der Waals surface area contributed by atoms with Crippen LogP contribution in [0.5, 0.6) is 0 Å². The molecule has 0 bridgehead atoms. The van der Waals surface area contributed by atoms with E-state index in [0.29, 0.717) is 19.5 Å². The van der Waals surface area contributed by atoms with Crippen molar-refractivity contribution in [2.24, 2.45) is 5.92 Å². The van der Waals surface area contributed by atoms with Gasteiger partial charge in [-0.1, -0.05) is 0 Å². The Bertz CT molecular complexity index is 172. The van der Waals surface area contributed by atoms with E-state index in [-0.39, 0.29) is 18.2 Å². The molecule has 0 saturated carbocycles. The number of hydrogen-bond donors (Lipinski definition) is 0. The van der Waals surface area contributed by atoms with Gasteiger partial charge in [-0.2, -0.15) is 0 Å². The number of rotatable bonds is 3. The third kappa shape index (κ3) is 2.16. The van der Waals surface area contributed by atoms with Crippen LogP contribution in [0.25, 0.3) is 0 Å². The molecule has 0 spiro atoms. The summed E-state index contributed by atoms with van der Waals surface area (Å²) in [5, 5.41) is 0. The Morgan fingerprint density at radius 3 is 2.75 bits per heavy atom. The molecule has 1 fully saturated rings. The van der Waals surface area contributed by atoms with Gasteiger partial charge in [0.2, 0.25) is 12.3 Å². The van der Waals surface area contributed by atoms with Gasteiger partial charge in [-0.05, 0) is 12.8 Å². The van der Waals surface area contributed by atoms with Crippen LogP contribution in [0.1, 0.15) is 19.8 Å². The zero-order valence-corrected chi connectivity index (χ0v) is 7.09. The summed E-state index contributed by atoms with van der Waals surface area (Å²) in [7, 11) is 0. The van der Waals surface area contributed by atoms with Gasteiger partial charge >= 0.3 is 0 Å². The van der Waals surface area contributed by atoms with Crippen LogP contribution in [0.4, 0.5) is 8.78 Å². The molecule has 0 N–H and O–H groups in total. The second-order valence-electron chi connectivity index (χ2n) is 3.13.